The van der Waals surface area contributed by atoms with Crippen LogP contribution in [0.15, 0.2) is 40.4 Å². The minimum absolute atomic E-state index is 0.173. The van der Waals surface area contributed by atoms with Crippen molar-refractivity contribution in [2.24, 2.45) is 0 Å². The molecule has 2 rings (SSSR count). The number of halogens is 1. The smallest absolute Gasteiger partial charge is 0.0701 e. The van der Waals surface area contributed by atoms with E-state index < -0.39 is 0 Å². The number of aliphatic hydroxyl groups is 1. The van der Waals surface area contributed by atoms with E-state index in [9.17, 15) is 0 Å². The van der Waals surface area contributed by atoms with Crippen LogP contribution in [0.25, 0.3) is 0 Å². The van der Waals surface area contributed by atoms with E-state index in [1.165, 1.54) is 10.4 Å². The second-order valence-electron chi connectivity index (χ2n) is 4.00. The number of aromatic nitrogens is 1. The Labute approximate surface area is 119 Å². The van der Waals surface area contributed by atoms with Gasteiger partial charge in [-0.1, -0.05) is 6.07 Å². The standard InChI is InChI=1S/C13H15BrN2OS/c14-13-4-3-12(18-13)10-16(6-7-17)9-11-2-1-5-15-8-11/h1-5,8,17H,6-7,9-10H2. The monoisotopic (exact) mass is 326 g/mol. The molecule has 0 atom stereocenters. The summed E-state index contributed by atoms with van der Waals surface area (Å²) in [5.74, 6) is 0. The van der Waals surface area contributed by atoms with Gasteiger partial charge in [0.05, 0.1) is 10.4 Å². The maximum absolute atomic E-state index is 9.13. The summed E-state index contributed by atoms with van der Waals surface area (Å²) in [6, 6.07) is 8.17. The highest BCUT2D eigenvalue weighted by molar-refractivity contribution is 9.11. The molecule has 0 radical (unpaired) electrons. The number of nitrogens with zero attached hydrogens (tertiary/aromatic N) is 2. The average molecular weight is 327 g/mol. The zero-order valence-electron chi connectivity index (χ0n) is 9.92. The van der Waals surface area contributed by atoms with Crippen molar-refractivity contribution in [1.29, 1.82) is 0 Å². The van der Waals surface area contributed by atoms with E-state index in [0.717, 1.165) is 16.9 Å². The summed E-state index contributed by atoms with van der Waals surface area (Å²) in [7, 11) is 0. The Kier molecular flexibility index (Phi) is 5.31. The van der Waals surface area contributed by atoms with Crippen LogP contribution in [0.5, 0.6) is 0 Å². The molecule has 5 heteroatoms. The van der Waals surface area contributed by atoms with Gasteiger partial charge in [-0.15, -0.1) is 11.3 Å². The summed E-state index contributed by atoms with van der Waals surface area (Å²) in [5.41, 5.74) is 1.17. The third-order valence-corrected chi connectivity index (χ3v) is 4.16. The Morgan fingerprint density at radius 2 is 2.17 bits per heavy atom. The summed E-state index contributed by atoms with van der Waals surface area (Å²) in [5, 5.41) is 9.13. The molecule has 0 saturated heterocycles. The minimum atomic E-state index is 0.173. The summed E-state index contributed by atoms with van der Waals surface area (Å²) >= 11 is 5.20. The highest BCUT2D eigenvalue weighted by Gasteiger charge is 2.08. The largest absolute Gasteiger partial charge is 0.395 e. The Morgan fingerprint density at radius 3 is 2.78 bits per heavy atom. The molecule has 0 aromatic carbocycles. The lowest BCUT2D eigenvalue weighted by Gasteiger charge is -2.20. The third kappa shape index (κ3) is 4.17. The number of thiophene rings is 1. The van der Waals surface area contributed by atoms with Crippen LogP contribution in [0.4, 0.5) is 0 Å². The molecular formula is C13H15BrN2OS. The third-order valence-electron chi connectivity index (χ3n) is 2.55. The van der Waals surface area contributed by atoms with Gasteiger partial charge < -0.3 is 5.11 Å². The van der Waals surface area contributed by atoms with Gasteiger partial charge in [0.1, 0.15) is 0 Å². The van der Waals surface area contributed by atoms with Crippen LogP contribution in [-0.4, -0.2) is 28.1 Å². The summed E-state index contributed by atoms with van der Waals surface area (Å²) in [6.07, 6.45) is 3.64. The van der Waals surface area contributed by atoms with E-state index in [1.807, 2.05) is 12.3 Å². The lowest BCUT2D eigenvalue weighted by molar-refractivity contribution is 0.185. The minimum Gasteiger partial charge on any atom is -0.395 e. The van der Waals surface area contributed by atoms with Gasteiger partial charge in [0, 0.05) is 36.9 Å². The highest BCUT2D eigenvalue weighted by atomic mass is 79.9. The molecule has 0 amide bonds. The van der Waals surface area contributed by atoms with Gasteiger partial charge in [0.2, 0.25) is 0 Å². The molecule has 1 N–H and O–H groups in total. The van der Waals surface area contributed by atoms with Crippen LogP contribution in [-0.2, 0) is 13.1 Å². The molecule has 2 aromatic heterocycles. The van der Waals surface area contributed by atoms with Crippen molar-refractivity contribution in [3.8, 4) is 0 Å². The van der Waals surface area contributed by atoms with Crippen LogP contribution in [0.2, 0.25) is 0 Å². The van der Waals surface area contributed by atoms with Crippen molar-refractivity contribution < 1.29 is 5.11 Å². The predicted molar refractivity (Wildman–Crippen MR) is 77.5 cm³/mol. The normalized spacial score (nSPS) is 11.1. The van der Waals surface area contributed by atoms with Crippen LogP contribution >= 0.6 is 27.3 Å². The van der Waals surface area contributed by atoms with Crippen LogP contribution in [0, 0.1) is 0 Å². The maximum Gasteiger partial charge on any atom is 0.0701 e. The molecule has 96 valence electrons. The molecule has 0 aliphatic heterocycles. The first-order chi connectivity index (χ1) is 8.78. The van der Waals surface area contributed by atoms with Gasteiger partial charge in [-0.3, -0.25) is 9.88 Å². The molecule has 0 saturated carbocycles. The maximum atomic E-state index is 9.13. The fourth-order valence-corrected chi connectivity index (χ4v) is 3.29. The van der Waals surface area contributed by atoms with Crippen molar-refractivity contribution in [1.82, 2.24) is 9.88 Å². The average Bonchev–Trinajstić information content (AvgIpc) is 2.76. The lowest BCUT2D eigenvalue weighted by atomic mass is 10.2. The van der Waals surface area contributed by atoms with Crippen LogP contribution in [0.1, 0.15) is 10.4 Å². The molecule has 3 nitrogen and oxygen atoms in total. The Bertz CT molecular complexity index is 475. The Hall–Kier alpha value is -0.750. The van der Waals surface area contributed by atoms with Crippen LogP contribution in [0.3, 0.4) is 0 Å². The van der Waals surface area contributed by atoms with Crippen molar-refractivity contribution in [3.05, 3.63) is 50.9 Å². The topological polar surface area (TPSA) is 36.4 Å². The highest BCUT2D eigenvalue weighted by Crippen LogP contribution is 2.23. The van der Waals surface area contributed by atoms with Crippen molar-refractivity contribution in [3.63, 3.8) is 0 Å². The quantitative estimate of drug-likeness (QED) is 0.886. The molecule has 2 aromatic rings. The number of pyridine rings is 1. The van der Waals surface area contributed by atoms with Crippen molar-refractivity contribution in [2.45, 2.75) is 13.1 Å². The Balaban J connectivity index is 1.99. The van der Waals surface area contributed by atoms with Gasteiger partial charge >= 0.3 is 0 Å². The second kappa shape index (κ2) is 6.99. The van der Waals surface area contributed by atoms with Gasteiger partial charge in [-0.2, -0.15) is 0 Å². The first-order valence-corrected chi connectivity index (χ1v) is 7.35. The van der Waals surface area contributed by atoms with Crippen LogP contribution < -0.4 is 0 Å². The molecule has 2 heterocycles. The molecule has 0 bridgehead atoms. The van der Waals surface area contributed by atoms with E-state index in [2.05, 4.69) is 44.0 Å². The number of hydrogen-bond donors (Lipinski definition) is 1. The molecule has 0 aliphatic carbocycles. The van der Waals surface area contributed by atoms with E-state index in [0.29, 0.717) is 6.54 Å². The van der Waals surface area contributed by atoms with E-state index in [1.54, 1.807) is 17.5 Å². The summed E-state index contributed by atoms with van der Waals surface area (Å²) in [6.45, 7) is 2.51. The van der Waals surface area contributed by atoms with E-state index >= 15 is 0 Å². The summed E-state index contributed by atoms with van der Waals surface area (Å²) in [4.78, 5) is 7.62. The van der Waals surface area contributed by atoms with Gasteiger partial charge in [0.15, 0.2) is 0 Å². The van der Waals surface area contributed by atoms with E-state index in [-0.39, 0.29) is 6.61 Å². The fourth-order valence-electron chi connectivity index (χ4n) is 1.76. The number of rotatable bonds is 6. The lowest BCUT2D eigenvalue weighted by Crippen LogP contribution is -2.25. The molecule has 18 heavy (non-hydrogen) atoms. The van der Waals surface area contributed by atoms with Crippen molar-refractivity contribution in [2.75, 3.05) is 13.2 Å². The zero-order valence-corrected chi connectivity index (χ0v) is 12.3. The van der Waals surface area contributed by atoms with Crippen molar-refractivity contribution >= 4 is 27.3 Å². The Morgan fingerprint density at radius 1 is 1.28 bits per heavy atom. The molecule has 0 aliphatic rings. The van der Waals surface area contributed by atoms with E-state index in [4.69, 9.17) is 5.11 Å². The summed E-state index contributed by atoms with van der Waals surface area (Å²) < 4.78 is 1.14. The SMILES string of the molecule is OCCN(Cc1cccnc1)Cc1ccc(Br)s1. The first-order valence-electron chi connectivity index (χ1n) is 5.74. The van der Waals surface area contributed by atoms with Gasteiger partial charge in [-0.25, -0.2) is 0 Å². The second-order valence-corrected chi connectivity index (χ2v) is 6.55. The fraction of sp³-hybridized carbons (Fsp3) is 0.308. The molecule has 0 spiro atoms. The molecule has 0 unspecified atom stereocenters. The molecule has 0 fully saturated rings. The first kappa shape index (κ1) is 13.7. The molecular weight excluding hydrogens is 312 g/mol. The predicted octanol–water partition coefficient (Wildman–Crippen LogP) is 2.90. The van der Waals surface area contributed by atoms with Gasteiger partial charge in [-0.05, 0) is 39.7 Å². The number of hydrogen-bond acceptors (Lipinski definition) is 4. The zero-order chi connectivity index (χ0) is 12.8. The number of aliphatic hydroxyl groups excluding tert-OH is 1. The van der Waals surface area contributed by atoms with Gasteiger partial charge in [0.25, 0.3) is 0 Å².